The topological polar surface area (TPSA) is 56.1 Å². The van der Waals surface area contributed by atoms with Crippen LogP contribution in [-0.4, -0.2) is 23.9 Å². The Kier molecular flexibility index (Phi) is 4.96. The van der Waals surface area contributed by atoms with Gasteiger partial charge in [0.15, 0.2) is 0 Å². The fourth-order valence-corrected chi connectivity index (χ4v) is 6.69. The molecule has 5 rings (SSSR count). The summed E-state index contributed by atoms with van der Waals surface area (Å²) in [5.41, 5.74) is 4.35. The van der Waals surface area contributed by atoms with Crippen LogP contribution in [0.1, 0.15) is 44.5 Å². The molecule has 1 unspecified atom stereocenters. The highest BCUT2D eigenvalue weighted by Crippen LogP contribution is 2.39. The zero-order chi connectivity index (χ0) is 19.8. The molecule has 1 aliphatic carbocycles. The first kappa shape index (κ1) is 18.6. The summed E-state index contributed by atoms with van der Waals surface area (Å²) in [4.78, 5) is 17.9. The van der Waals surface area contributed by atoms with Gasteiger partial charge < -0.3 is 5.32 Å². The number of thiophene rings is 2. The Hall–Kier alpha value is -2.46. The molecular formula is C23H21N3OS2. The number of hydrogen-bond donors (Lipinski definition) is 1. The maximum Gasteiger partial charge on any atom is 0.239 e. The van der Waals surface area contributed by atoms with Gasteiger partial charge in [0.25, 0.3) is 0 Å². The fourth-order valence-electron chi connectivity index (χ4n) is 4.53. The third-order valence-electron chi connectivity index (χ3n) is 5.81. The SMILES string of the molecule is N#Cc1c(NC(=O)CN2CCc3sccc3C2c2ccccc2)sc2c1CCC2. The first-order valence-corrected chi connectivity index (χ1v) is 11.6. The second-order valence-corrected chi connectivity index (χ2v) is 9.66. The van der Waals surface area contributed by atoms with E-state index in [1.165, 1.54) is 20.9 Å². The molecule has 1 aromatic carbocycles. The lowest BCUT2D eigenvalue weighted by Crippen LogP contribution is -2.40. The van der Waals surface area contributed by atoms with Crippen LogP contribution in [0.15, 0.2) is 41.8 Å². The Morgan fingerprint density at radius 3 is 2.86 bits per heavy atom. The lowest BCUT2D eigenvalue weighted by Gasteiger charge is -2.35. The van der Waals surface area contributed by atoms with Crippen molar-refractivity contribution in [2.45, 2.75) is 31.7 Å². The zero-order valence-electron chi connectivity index (χ0n) is 16.0. The van der Waals surface area contributed by atoms with Crippen LogP contribution in [0.2, 0.25) is 0 Å². The number of benzene rings is 1. The highest BCUT2D eigenvalue weighted by Gasteiger charge is 2.31. The molecule has 6 heteroatoms. The maximum absolute atomic E-state index is 12.9. The van der Waals surface area contributed by atoms with Crippen LogP contribution >= 0.6 is 22.7 Å². The van der Waals surface area contributed by atoms with Crippen LogP contribution in [0.5, 0.6) is 0 Å². The Morgan fingerprint density at radius 2 is 2.03 bits per heavy atom. The van der Waals surface area contributed by atoms with E-state index in [1.54, 1.807) is 22.7 Å². The molecule has 2 aliphatic rings. The van der Waals surface area contributed by atoms with Gasteiger partial charge in [-0.05, 0) is 53.8 Å². The first-order chi connectivity index (χ1) is 14.2. The molecule has 0 saturated heterocycles. The van der Waals surface area contributed by atoms with Crippen LogP contribution in [0.3, 0.4) is 0 Å². The molecule has 1 amide bonds. The highest BCUT2D eigenvalue weighted by molar-refractivity contribution is 7.16. The Bertz CT molecular complexity index is 1090. The van der Waals surface area contributed by atoms with Crippen molar-refractivity contribution in [1.29, 1.82) is 5.26 Å². The molecule has 0 spiro atoms. The molecule has 0 bridgehead atoms. The summed E-state index contributed by atoms with van der Waals surface area (Å²) in [5.74, 6) is -0.0407. The van der Waals surface area contributed by atoms with E-state index in [4.69, 9.17) is 0 Å². The average molecular weight is 420 g/mol. The summed E-state index contributed by atoms with van der Waals surface area (Å²) in [6.07, 6.45) is 4.06. The molecule has 0 saturated carbocycles. The standard InChI is InChI=1S/C23H21N3OS2/c24-13-18-16-7-4-8-20(16)29-23(18)25-21(27)14-26-11-9-19-17(10-12-28-19)22(26)15-5-2-1-3-6-15/h1-3,5-6,10,12,22H,4,7-9,11,14H2,(H,25,27). The van der Waals surface area contributed by atoms with Gasteiger partial charge in [-0.1, -0.05) is 30.3 Å². The fraction of sp³-hybridized carbons (Fsp3) is 0.304. The lowest BCUT2D eigenvalue weighted by molar-refractivity contribution is -0.117. The van der Waals surface area contributed by atoms with Gasteiger partial charge in [-0.15, -0.1) is 22.7 Å². The number of carbonyl (C=O) groups excluding carboxylic acids is 1. The van der Waals surface area contributed by atoms with Gasteiger partial charge in [-0.2, -0.15) is 5.26 Å². The molecule has 2 aromatic heterocycles. The van der Waals surface area contributed by atoms with Crippen molar-refractivity contribution in [2.24, 2.45) is 0 Å². The summed E-state index contributed by atoms with van der Waals surface area (Å²) in [5, 5.41) is 15.5. The van der Waals surface area contributed by atoms with Crippen LogP contribution in [-0.2, 0) is 24.1 Å². The van der Waals surface area contributed by atoms with Crippen molar-refractivity contribution in [3.05, 3.63) is 73.8 Å². The molecule has 1 aliphatic heterocycles. The van der Waals surface area contributed by atoms with E-state index >= 15 is 0 Å². The Balaban J connectivity index is 1.38. The van der Waals surface area contributed by atoms with Crippen molar-refractivity contribution in [3.63, 3.8) is 0 Å². The summed E-state index contributed by atoms with van der Waals surface area (Å²) in [6, 6.07) is 15.0. The van der Waals surface area contributed by atoms with E-state index in [-0.39, 0.29) is 11.9 Å². The second kappa shape index (κ2) is 7.75. The number of amides is 1. The largest absolute Gasteiger partial charge is 0.315 e. The van der Waals surface area contributed by atoms with Gasteiger partial charge in [0.05, 0.1) is 18.2 Å². The zero-order valence-corrected chi connectivity index (χ0v) is 17.6. The Morgan fingerprint density at radius 1 is 1.17 bits per heavy atom. The second-order valence-electron chi connectivity index (χ2n) is 7.55. The van der Waals surface area contributed by atoms with E-state index in [9.17, 15) is 10.1 Å². The molecule has 0 fully saturated rings. The van der Waals surface area contributed by atoms with Crippen LogP contribution in [0.4, 0.5) is 5.00 Å². The van der Waals surface area contributed by atoms with Gasteiger partial charge >= 0.3 is 0 Å². The van der Waals surface area contributed by atoms with E-state index in [0.29, 0.717) is 12.1 Å². The highest BCUT2D eigenvalue weighted by atomic mass is 32.1. The number of aryl methyl sites for hydroxylation is 1. The minimum atomic E-state index is -0.0407. The monoisotopic (exact) mass is 419 g/mol. The third kappa shape index (κ3) is 3.40. The summed E-state index contributed by atoms with van der Waals surface area (Å²) in [7, 11) is 0. The Labute approximate surface area is 178 Å². The summed E-state index contributed by atoms with van der Waals surface area (Å²) in [6.45, 7) is 1.18. The number of hydrogen-bond acceptors (Lipinski definition) is 5. The van der Waals surface area contributed by atoms with E-state index in [1.807, 2.05) is 6.07 Å². The van der Waals surface area contributed by atoms with Crippen LogP contribution < -0.4 is 5.32 Å². The lowest BCUT2D eigenvalue weighted by atomic mass is 9.93. The minimum Gasteiger partial charge on any atom is -0.315 e. The van der Waals surface area contributed by atoms with Crippen molar-refractivity contribution in [3.8, 4) is 6.07 Å². The quantitative estimate of drug-likeness (QED) is 0.664. The normalized spacial score (nSPS) is 18.1. The van der Waals surface area contributed by atoms with Crippen molar-refractivity contribution >= 4 is 33.6 Å². The van der Waals surface area contributed by atoms with Crippen molar-refractivity contribution < 1.29 is 4.79 Å². The van der Waals surface area contributed by atoms with Crippen molar-refractivity contribution in [1.82, 2.24) is 4.90 Å². The van der Waals surface area contributed by atoms with E-state index < -0.39 is 0 Å². The molecule has 1 N–H and O–H groups in total. The molecule has 1 atom stereocenters. The number of anilines is 1. The number of rotatable bonds is 4. The average Bonchev–Trinajstić information content (AvgIpc) is 3.44. The van der Waals surface area contributed by atoms with Crippen LogP contribution in [0.25, 0.3) is 0 Å². The van der Waals surface area contributed by atoms with E-state index in [0.717, 1.165) is 42.8 Å². The predicted octanol–water partition coefficient (Wildman–Crippen LogP) is 4.76. The molecule has 3 aromatic rings. The number of nitrogens with zero attached hydrogens (tertiary/aromatic N) is 2. The summed E-state index contributed by atoms with van der Waals surface area (Å²) < 4.78 is 0. The third-order valence-corrected chi connectivity index (χ3v) is 8.02. The van der Waals surface area contributed by atoms with Gasteiger partial charge in [-0.3, -0.25) is 9.69 Å². The number of nitriles is 1. The maximum atomic E-state index is 12.9. The van der Waals surface area contributed by atoms with Gasteiger partial charge in [-0.25, -0.2) is 0 Å². The first-order valence-electron chi connectivity index (χ1n) is 9.94. The van der Waals surface area contributed by atoms with Gasteiger partial charge in [0.1, 0.15) is 11.1 Å². The predicted molar refractivity (Wildman–Crippen MR) is 118 cm³/mol. The molecule has 0 radical (unpaired) electrons. The van der Waals surface area contributed by atoms with Gasteiger partial charge in [0, 0.05) is 16.3 Å². The molecular weight excluding hydrogens is 398 g/mol. The number of carbonyl (C=O) groups is 1. The smallest absolute Gasteiger partial charge is 0.239 e. The summed E-state index contributed by atoms with van der Waals surface area (Å²) >= 11 is 3.38. The van der Waals surface area contributed by atoms with Crippen LogP contribution in [0, 0.1) is 11.3 Å². The molecule has 3 heterocycles. The minimum absolute atomic E-state index is 0.0407. The molecule has 146 valence electrons. The molecule has 4 nitrogen and oxygen atoms in total. The molecule has 29 heavy (non-hydrogen) atoms. The number of fused-ring (bicyclic) bond motifs is 2. The van der Waals surface area contributed by atoms with Crippen molar-refractivity contribution in [2.75, 3.05) is 18.4 Å². The number of nitrogens with one attached hydrogen (secondary N) is 1. The van der Waals surface area contributed by atoms with Gasteiger partial charge in [0.2, 0.25) is 5.91 Å². The van der Waals surface area contributed by atoms with E-state index in [2.05, 4.69) is 52.0 Å².